The number of rotatable bonds is 16. The lowest BCUT2D eigenvalue weighted by Gasteiger charge is -2.18. The van der Waals surface area contributed by atoms with E-state index >= 15 is 0 Å². The van der Waals surface area contributed by atoms with Gasteiger partial charge in [0.2, 0.25) is 5.91 Å². The second-order valence-electron chi connectivity index (χ2n) is 9.27. The molecule has 0 heterocycles. The number of para-hydroxylation sites is 1. The highest BCUT2D eigenvalue weighted by Crippen LogP contribution is 2.28. The minimum absolute atomic E-state index is 0.0175. The molecule has 218 valence electrons. The number of nitrogens with one attached hydrogen (secondary N) is 1. The number of esters is 1. The molecule has 11 heteroatoms. The molecule has 1 saturated carbocycles. The molecular weight excluding hydrogens is 511 g/mol. The summed E-state index contributed by atoms with van der Waals surface area (Å²) in [6.07, 6.45) is 11.8. The smallest absolute Gasteiger partial charge is 0.325 e. The van der Waals surface area contributed by atoms with Crippen LogP contribution in [0.4, 0.5) is 4.39 Å². The Labute approximate surface area is 229 Å². The summed E-state index contributed by atoms with van der Waals surface area (Å²) in [5, 5.41) is 21.0. The van der Waals surface area contributed by atoms with Gasteiger partial charge < -0.3 is 24.7 Å². The molecule has 3 unspecified atom stereocenters. The van der Waals surface area contributed by atoms with Crippen LogP contribution in [0.1, 0.15) is 58.8 Å². The fourth-order valence-corrected chi connectivity index (χ4v) is 3.55. The number of aliphatic hydroxyl groups excluding tert-OH is 1. The maximum absolute atomic E-state index is 14.3. The van der Waals surface area contributed by atoms with E-state index in [2.05, 4.69) is 10.2 Å². The number of ether oxygens (including phenoxy) is 2. The first-order valence-corrected chi connectivity index (χ1v) is 13.2. The Balaban J connectivity index is 0.000000390. The van der Waals surface area contributed by atoms with Crippen molar-refractivity contribution in [2.75, 3.05) is 26.4 Å². The van der Waals surface area contributed by atoms with E-state index in [9.17, 15) is 29.2 Å². The first-order chi connectivity index (χ1) is 18.6. The number of alkyl halides is 1. The Hall–Kier alpha value is -3.47. The molecule has 0 saturated heterocycles. The Morgan fingerprint density at radius 3 is 2.62 bits per heavy atom. The number of allylic oxidation sites excluding steroid dienone is 2. The highest BCUT2D eigenvalue weighted by molar-refractivity contribution is 5.81. The molecule has 2 N–H and O–H groups in total. The number of nitrogens with zero attached hydrogens (tertiary/aromatic N) is 1. The average molecular weight is 553 g/mol. The number of hydrogen-bond acceptors (Lipinski definition) is 8. The minimum atomic E-state index is -1.52. The number of hydrogen-bond donors (Lipinski definition) is 2. The largest absolute Gasteiger partial charge is 0.490 e. The summed E-state index contributed by atoms with van der Waals surface area (Å²) in [5.74, 6) is -0.0245. The first-order valence-electron chi connectivity index (χ1n) is 13.2. The SMILES string of the molecule is C/C=C\CCCC(=O)NCC(=O)OCCCO[N+](=O)[O-].CC(F)(/C=C/C1CCCC1O)COc1ccccc1. The summed E-state index contributed by atoms with van der Waals surface area (Å²) < 4.78 is 24.4. The molecule has 0 aliphatic heterocycles. The van der Waals surface area contributed by atoms with E-state index in [-0.39, 0.29) is 50.7 Å². The summed E-state index contributed by atoms with van der Waals surface area (Å²) in [7, 11) is 0. The Morgan fingerprint density at radius 1 is 1.23 bits per heavy atom. The van der Waals surface area contributed by atoms with Gasteiger partial charge in [-0.2, -0.15) is 0 Å². The summed E-state index contributed by atoms with van der Waals surface area (Å²) in [5.41, 5.74) is -1.52. The van der Waals surface area contributed by atoms with Crippen LogP contribution in [0, 0.1) is 16.0 Å². The van der Waals surface area contributed by atoms with Crippen LogP contribution in [0.2, 0.25) is 0 Å². The van der Waals surface area contributed by atoms with Crippen molar-refractivity contribution in [3.63, 3.8) is 0 Å². The lowest BCUT2D eigenvalue weighted by atomic mass is 10.0. The molecular formula is C28H41FN2O8. The molecule has 2 rings (SSSR count). The van der Waals surface area contributed by atoms with Crippen molar-refractivity contribution in [1.29, 1.82) is 0 Å². The molecule has 0 aromatic heterocycles. The highest BCUT2D eigenvalue weighted by atomic mass is 19.1. The van der Waals surface area contributed by atoms with Crippen molar-refractivity contribution in [2.24, 2.45) is 5.92 Å². The number of halogens is 1. The van der Waals surface area contributed by atoms with Crippen molar-refractivity contribution in [2.45, 2.75) is 70.6 Å². The van der Waals surface area contributed by atoms with Gasteiger partial charge in [-0.05, 0) is 57.7 Å². The van der Waals surface area contributed by atoms with Gasteiger partial charge in [0.15, 0.2) is 5.67 Å². The van der Waals surface area contributed by atoms with Gasteiger partial charge in [0.1, 0.15) is 18.9 Å². The zero-order chi connectivity index (χ0) is 28.9. The molecule has 3 atom stereocenters. The predicted octanol–water partition coefficient (Wildman–Crippen LogP) is 4.50. The van der Waals surface area contributed by atoms with Crippen LogP contribution in [-0.2, 0) is 19.2 Å². The van der Waals surface area contributed by atoms with E-state index in [4.69, 9.17) is 9.47 Å². The van der Waals surface area contributed by atoms with Crippen LogP contribution < -0.4 is 10.1 Å². The van der Waals surface area contributed by atoms with Crippen molar-refractivity contribution < 1.29 is 38.5 Å². The second-order valence-corrected chi connectivity index (χ2v) is 9.27. The normalized spacial score (nSPS) is 18.2. The number of unbranched alkanes of at least 4 members (excludes halogenated alkanes) is 1. The maximum atomic E-state index is 14.3. The summed E-state index contributed by atoms with van der Waals surface area (Å²) >= 11 is 0. The van der Waals surface area contributed by atoms with E-state index in [1.54, 1.807) is 18.2 Å². The predicted molar refractivity (Wildman–Crippen MR) is 144 cm³/mol. The van der Waals surface area contributed by atoms with E-state index in [1.165, 1.54) is 13.0 Å². The van der Waals surface area contributed by atoms with E-state index in [1.807, 2.05) is 37.3 Å². The average Bonchev–Trinajstić information content (AvgIpc) is 3.33. The molecule has 1 aromatic carbocycles. The van der Waals surface area contributed by atoms with Gasteiger partial charge in [0, 0.05) is 18.8 Å². The van der Waals surface area contributed by atoms with Gasteiger partial charge in [0.05, 0.1) is 19.3 Å². The van der Waals surface area contributed by atoms with Crippen LogP contribution in [-0.4, -0.2) is 60.2 Å². The third-order valence-corrected chi connectivity index (χ3v) is 5.68. The lowest BCUT2D eigenvalue weighted by molar-refractivity contribution is -0.757. The van der Waals surface area contributed by atoms with Gasteiger partial charge in [-0.1, -0.05) is 42.8 Å². The van der Waals surface area contributed by atoms with Crippen molar-refractivity contribution >= 4 is 11.9 Å². The molecule has 39 heavy (non-hydrogen) atoms. The zero-order valence-electron chi connectivity index (χ0n) is 22.8. The Morgan fingerprint density at radius 2 is 1.97 bits per heavy atom. The number of aliphatic hydroxyl groups is 1. The maximum Gasteiger partial charge on any atom is 0.325 e. The monoisotopic (exact) mass is 552 g/mol. The molecule has 0 radical (unpaired) electrons. The molecule has 1 aliphatic rings. The van der Waals surface area contributed by atoms with Crippen molar-refractivity contribution in [3.8, 4) is 5.75 Å². The number of amides is 1. The van der Waals surface area contributed by atoms with Gasteiger partial charge in [-0.3, -0.25) is 9.59 Å². The van der Waals surface area contributed by atoms with Gasteiger partial charge in [0.25, 0.3) is 5.09 Å². The van der Waals surface area contributed by atoms with Gasteiger partial charge >= 0.3 is 5.97 Å². The van der Waals surface area contributed by atoms with E-state index in [0.717, 1.165) is 32.1 Å². The standard InChI is InChI=1S/C16H21FO2.C12H20N2O6/c1-16(17,11-10-13-6-5-9-15(13)18)12-19-14-7-3-2-4-8-14;1-2-3-4-5-7-11(15)13-10-12(16)19-8-6-9-20-14(17)18/h2-4,7-8,10-11,13,15,18H,5-6,9,12H2,1H3;2-3H,4-10H2,1H3,(H,13,15)/b11-10+;3-2-. The van der Waals surface area contributed by atoms with Crippen LogP contribution in [0.3, 0.4) is 0 Å². The number of benzene rings is 1. The quantitative estimate of drug-likeness (QED) is 0.101. The van der Waals surface area contributed by atoms with Crippen molar-refractivity contribution in [3.05, 3.63) is 64.8 Å². The van der Waals surface area contributed by atoms with Crippen molar-refractivity contribution in [1.82, 2.24) is 5.32 Å². The number of carbonyl (C=O) groups is 2. The highest BCUT2D eigenvalue weighted by Gasteiger charge is 2.26. The van der Waals surface area contributed by atoms with Gasteiger partial charge in [-0.25, -0.2) is 4.39 Å². The summed E-state index contributed by atoms with van der Waals surface area (Å²) in [6.45, 7) is 3.08. The minimum Gasteiger partial charge on any atom is -0.490 e. The van der Waals surface area contributed by atoms with E-state index < -0.39 is 16.7 Å². The number of carbonyl (C=O) groups excluding carboxylic acids is 2. The topological polar surface area (TPSA) is 137 Å². The fraction of sp³-hybridized carbons (Fsp3) is 0.571. The van der Waals surface area contributed by atoms with Crippen LogP contribution in [0.25, 0.3) is 0 Å². The fourth-order valence-electron chi connectivity index (χ4n) is 3.55. The van der Waals surface area contributed by atoms with Gasteiger partial charge in [-0.15, -0.1) is 10.1 Å². The van der Waals surface area contributed by atoms with Crippen LogP contribution >= 0.6 is 0 Å². The van der Waals surface area contributed by atoms with Crippen LogP contribution in [0.15, 0.2) is 54.6 Å². The Kier molecular flexibility index (Phi) is 16.8. The molecule has 10 nitrogen and oxygen atoms in total. The third kappa shape index (κ3) is 17.6. The molecule has 0 spiro atoms. The molecule has 1 fully saturated rings. The third-order valence-electron chi connectivity index (χ3n) is 5.68. The lowest BCUT2D eigenvalue weighted by Crippen LogP contribution is -2.30. The zero-order valence-corrected chi connectivity index (χ0v) is 22.8. The van der Waals surface area contributed by atoms with E-state index in [0.29, 0.717) is 12.2 Å². The van der Waals surface area contributed by atoms with Crippen LogP contribution in [0.5, 0.6) is 5.75 Å². The molecule has 1 aliphatic carbocycles. The molecule has 0 bridgehead atoms. The summed E-state index contributed by atoms with van der Waals surface area (Å²) in [6, 6.07) is 9.22. The second kappa shape index (κ2) is 19.6. The first kappa shape index (κ1) is 33.6. The molecule has 1 amide bonds. The summed E-state index contributed by atoms with van der Waals surface area (Å²) in [4.78, 5) is 36.4. The molecule has 1 aromatic rings. The Bertz CT molecular complexity index is 908.